The minimum atomic E-state index is -1.02. The van der Waals surface area contributed by atoms with E-state index in [4.69, 9.17) is 16.3 Å². The molecule has 2 heterocycles. The molecule has 0 spiro atoms. The van der Waals surface area contributed by atoms with E-state index < -0.39 is 5.97 Å². The van der Waals surface area contributed by atoms with Crippen molar-refractivity contribution in [3.63, 3.8) is 0 Å². The predicted octanol–water partition coefficient (Wildman–Crippen LogP) is 5.25. The molecule has 3 aromatic rings. The van der Waals surface area contributed by atoms with Gasteiger partial charge in [-0.15, -0.1) is 11.3 Å². The Labute approximate surface area is 170 Å². The van der Waals surface area contributed by atoms with Gasteiger partial charge in [0.15, 0.2) is 0 Å². The molecule has 1 unspecified atom stereocenters. The molecule has 28 heavy (non-hydrogen) atoms. The molecular formula is C21H16ClNO4S. The van der Waals surface area contributed by atoms with Crippen molar-refractivity contribution in [1.29, 1.82) is 0 Å². The number of hydrogen-bond acceptors (Lipinski definition) is 4. The summed E-state index contributed by atoms with van der Waals surface area (Å²) in [5, 5.41) is 13.3. The van der Waals surface area contributed by atoms with E-state index >= 15 is 0 Å². The van der Waals surface area contributed by atoms with E-state index in [2.05, 4.69) is 5.32 Å². The maximum absolute atomic E-state index is 12.5. The molecule has 0 saturated carbocycles. The van der Waals surface area contributed by atoms with Crippen molar-refractivity contribution in [2.75, 3.05) is 12.4 Å². The molecule has 0 bridgehead atoms. The summed E-state index contributed by atoms with van der Waals surface area (Å²) in [5.41, 5.74) is 2.69. The van der Waals surface area contributed by atoms with Gasteiger partial charge >= 0.3 is 5.97 Å². The molecule has 142 valence electrons. The van der Waals surface area contributed by atoms with Gasteiger partial charge in [-0.05, 0) is 35.4 Å². The summed E-state index contributed by atoms with van der Waals surface area (Å²) in [6.45, 7) is 0. The lowest BCUT2D eigenvalue weighted by atomic mass is 9.88. The number of hydrogen-bond donors (Lipinski definition) is 2. The first-order chi connectivity index (χ1) is 13.5. The SMILES string of the molecule is COc1ccc(-c2c(C(=O)O)sc3c2NC(=O)CC3c2cccc(Cl)c2)cc1. The summed E-state index contributed by atoms with van der Waals surface area (Å²) in [6.07, 6.45) is 0.245. The summed E-state index contributed by atoms with van der Waals surface area (Å²) in [7, 11) is 1.57. The second-order valence-corrected chi connectivity index (χ2v) is 7.93. The van der Waals surface area contributed by atoms with Crippen LogP contribution in [0.5, 0.6) is 5.75 Å². The molecule has 1 atom stereocenters. The van der Waals surface area contributed by atoms with E-state index in [1.165, 1.54) is 11.3 Å². The van der Waals surface area contributed by atoms with E-state index in [-0.39, 0.29) is 23.1 Å². The fourth-order valence-electron chi connectivity index (χ4n) is 3.46. The molecule has 1 aromatic heterocycles. The smallest absolute Gasteiger partial charge is 0.346 e. The number of benzene rings is 2. The summed E-state index contributed by atoms with van der Waals surface area (Å²) in [6, 6.07) is 14.5. The Morgan fingerprint density at radius 2 is 2.00 bits per heavy atom. The fourth-order valence-corrected chi connectivity index (χ4v) is 4.91. The Balaban J connectivity index is 1.91. The van der Waals surface area contributed by atoms with Crippen molar-refractivity contribution in [2.45, 2.75) is 12.3 Å². The van der Waals surface area contributed by atoms with Crippen molar-refractivity contribution in [3.8, 4) is 16.9 Å². The maximum atomic E-state index is 12.5. The standard InChI is InChI=1S/C21H16ClNO4S/c1-27-14-7-5-11(6-8-14)17-18-19(28-20(17)21(25)26)15(10-16(24)23-18)12-3-2-4-13(22)9-12/h2-9,15H,10H2,1H3,(H,23,24)(H,25,26). The molecule has 4 rings (SSSR count). The van der Waals surface area contributed by atoms with Gasteiger partial charge in [0.25, 0.3) is 0 Å². The average Bonchev–Trinajstić information content (AvgIpc) is 3.07. The van der Waals surface area contributed by atoms with Crippen molar-refractivity contribution in [1.82, 2.24) is 0 Å². The number of rotatable bonds is 4. The van der Waals surface area contributed by atoms with E-state index in [1.54, 1.807) is 37.4 Å². The number of fused-ring (bicyclic) bond motifs is 1. The molecule has 0 aliphatic carbocycles. The van der Waals surface area contributed by atoms with Crippen LogP contribution in [0.25, 0.3) is 11.1 Å². The largest absolute Gasteiger partial charge is 0.497 e. The first-order valence-electron chi connectivity index (χ1n) is 8.57. The fraction of sp³-hybridized carbons (Fsp3) is 0.143. The lowest BCUT2D eigenvalue weighted by Gasteiger charge is -2.24. The monoisotopic (exact) mass is 413 g/mol. The number of carboxylic acid groups (broad SMARTS) is 1. The van der Waals surface area contributed by atoms with E-state index in [0.717, 1.165) is 10.4 Å². The van der Waals surface area contributed by atoms with Crippen molar-refractivity contribution in [2.24, 2.45) is 0 Å². The third-order valence-electron chi connectivity index (χ3n) is 4.73. The Morgan fingerprint density at radius 3 is 2.64 bits per heavy atom. The summed E-state index contributed by atoms with van der Waals surface area (Å²) < 4.78 is 5.18. The molecule has 0 fully saturated rings. The highest BCUT2D eigenvalue weighted by Gasteiger charge is 2.34. The minimum absolute atomic E-state index is 0.151. The first kappa shape index (κ1) is 18.5. The van der Waals surface area contributed by atoms with Gasteiger partial charge in [0.2, 0.25) is 5.91 Å². The van der Waals surface area contributed by atoms with Crippen LogP contribution < -0.4 is 10.1 Å². The molecule has 1 aliphatic rings. The summed E-state index contributed by atoms with van der Waals surface area (Å²) in [4.78, 5) is 25.4. The predicted molar refractivity (Wildman–Crippen MR) is 110 cm³/mol. The normalized spacial score (nSPS) is 15.6. The van der Waals surface area contributed by atoms with E-state index in [1.807, 2.05) is 18.2 Å². The van der Waals surface area contributed by atoms with Gasteiger partial charge < -0.3 is 15.2 Å². The van der Waals surface area contributed by atoms with Gasteiger partial charge in [-0.1, -0.05) is 35.9 Å². The quantitative estimate of drug-likeness (QED) is 0.612. The third-order valence-corrected chi connectivity index (χ3v) is 6.26. The maximum Gasteiger partial charge on any atom is 0.346 e. The topological polar surface area (TPSA) is 75.6 Å². The summed E-state index contributed by atoms with van der Waals surface area (Å²) in [5.74, 6) is -0.741. The van der Waals surface area contributed by atoms with E-state index in [9.17, 15) is 14.7 Å². The zero-order chi connectivity index (χ0) is 19.8. The van der Waals surface area contributed by atoms with Gasteiger partial charge in [0, 0.05) is 27.8 Å². The van der Waals surface area contributed by atoms with Crippen LogP contribution in [0.15, 0.2) is 48.5 Å². The van der Waals surface area contributed by atoms with Crippen LogP contribution in [0, 0.1) is 0 Å². The number of aromatic carboxylic acids is 1. The number of anilines is 1. The molecule has 0 saturated heterocycles. The van der Waals surface area contributed by atoms with E-state index in [0.29, 0.717) is 27.6 Å². The molecule has 1 amide bonds. The molecule has 2 aromatic carbocycles. The van der Waals surface area contributed by atoms with Crippen LogP contribution in [0.3, 0.4) is 0 Å². The lowest BCUT2D eigenvalue weighted by Crippen LogP contribution is -2.22. The number of ether oxygens (including phenoxy) is 1. The van der Waals surface area contributed by atoms with Crippen LogP contribution in [0.4, 0.5) is 5.69 Å². The lowest BCUT2D eigenvalue weighted by molar-refractivity contribution is -0.116. The van der Waals surface area contributed by atoms with Gasteiger partial charge in [-0.2, -0.15) is 0 Å². The molecule has 0 radical (unpaired) electrons. The highest BCUT2D eigenvalue weighted by Crippen LogP contribution is 2.49. The molecule has 1 aliphatic heterocycles. The molecular weight excluding hydrogens is 398 g/mol. The van der Waals surface area contributed by atoms with Crippen LogP contribution >= 0.6 is 22.9 Å². The van der Waals surface area contributed by atoms with Crippen LogP contribution in [0.1, 0.15) is 32.5 Å². The number of carboxylic acids is 1. The molecule has 7 heteroatoms. The van der Waals surface area contributed by atoms with Crippen molar-refractivity contribution >= 4 is 40.5 Å². The van der Waals surface area contributed by atoms with Crippen LogP contribution in [-0.4, -0.2) is 24.1 Å². The van der Waals surface area contributed by atoms with Gasteiger partial charge in [0.05, 0.1) is 12.8 Å². The highest BCUT2D eigenvalue weighted by atomic mass is 35.5. The van der Waals surface area contributed by atoms with Gasteiger partial charge in [0.1, 0.15) is 10.6 Å². The zero-order valence-corrected chi connectivity index (χ0v) is 16.4. The minimum Gasteiger partial charge on any atom is -0.497 e. The number of carbonyl (C=O) groups is 2. The number of amides is 1. The van der Waals surface area contributed by atoms with Crippen LogP contribution in [0.2, 0.25) is 5.02 Å². The van der Waals surface area contributed by atoms with Crippen molar-refractivity contribution in [3.05, 3.63) is 68.9 Å². The third kappa shape index (κ3) is 3.25. The number of halogens is 1. The first-order valence-corrected chi connectivity index (χ1v) is 9.77. The second kappa shape index (κ2) is 7.30. The van der Waals surface area contributed by atoms with Gasteiger partial charge in [-0.3, -0.25) is 4.79 Å². The average molecular weight is 414 g/mol. The second-order valence-electron chi connectivity index (χ2n) is 6.44. The van der Waals surface area contributed by atoms with Gasteiger partial charge in [-0.25, -0.2) is 4.79 Å². The number of nitrogens with one attached hydrogen (secondary N) is 1. The Bertz CT molecular complexity index is 1070. The molecule has 2 N–H and O–H groups in total. The molecule has 5 nitrogen and oxygen atoms in total. The Morgan fingerprint density at radius 1 is 1.25 bits per heavy atom. The highest BCUT2D eigenvalue weighted by molar-refractivity contribution is 7.15. The number of methoxy groups -OCH3 is 1. The Kier molecular flexibility index (Phi) is 4.83. The number of carbonyl (C=O) groups excluding carboxylic acids is 1. The summed E-state index contributed by atoms with van der Waals surface area (Å²) >= 11 is 7.33. The van der Waals surface area contributed by atoms with Crippen molar-refractivity contribution < 1.29 is 19.4 Å². The van der Waals surface area contributed by atoms with Crippen LogP contribution in [-0.2, 0) is 4.79 Å². The zero-order valence-electron chi connectivity index (χ0n) is 14.9. The Hall–Kier alpha value is -2.83. The number of thiophene rings is 1.